The molecule has 1 rings (SSSR count). The van der Waals surface area contributed by atoms with Crippen LogP contribution in [0, 0.1) is 0 Å². The van der Waals surface area contributed by atoms with Gasteiger partial charge in [0.1, 0.15) is 0 Å². The number of carboxylic acids is 1. The average Bonchev–Trinajstić information content (AvgIpc) is 2.08. The Morgan fingerprint density at radius 2 is 2.21 bits per heavy atom. The molecule has 5 N–H and O–H groups in total. The maximum absolute atomic E-state index is 10.4. The molecule has 0 heterocycles. The molecule has 5 heteroatoms. The van der Waals surface area contributed by atoms with Gasteiger partial charge in [0.25, 0.3) is 0 Å². The molecule has 0 saturated heterocycles. The summed E-state index contributed by atoms with van der Waals surface area (Å²) >= 11 is 3.27. The number of aliphatic carboxylic acids is 1. The Hall–Kier alpha value is -1.07. The van der Waals surface area contributed by atoms with E-state index in [4.69, 9.17) is 16.6 Å². The fourth-order valence-corrected chi connectivity index (χ4v) is 1.54. The number of hydrogen-bond acceptors (Lipinski definition) is 3. The average molecular weight is 259 g/mol. The molecule has 0 spiro atoms. The van der Waals surface area contributed by atoms with Crippen molar-refractivity contribution >= 4 is 27.6 Å². The third kappa shape index (κ3) is 2.71. The summed E-state index contributed by atoms with van der Waals surface area (Å²) in [6, 6.07) is 4.65. The van der Waals surface area contributed by atoms with Crippen LogP contribution in [0.2, 0.25) is 0 Å². The summed E-state index contributed by atoms with van der Waals surface area (Å²) in [6.45, 7) is 0. The van der Waals surface area contributed by atoms with Crippen molar-refractivity contribution in [3.05, 3.63) is 28.2 Å². The normalized spacial score (nSPS) is 12.4. The lowest BCUT2D eigenvalue weighted by Gasteiger charge is -2.12. The van der Waals surface area contributed by atoms with Crippen molar-refractivity contribution in [2.45, 2.75) is 12.5 Å². The van der Waals surface area contributed by atoms with Gasteiger partial charge in [-0.25, -0.2) is 0 Å². The minimum Gasteiger partial charge on any atom is -0.481 e. The number of nitrogens with two attached hydrogens (primary N) is 2. The second-order valence-electron chi connectivity index (χ2n) is 2.98. The van der Waals surface area contributed by atoms with Gasteiger partial charge in [-0.1, -0.05) is 15.9 Å². The van der Waals surface area contributed by atoms with Gasteiger partial charge in [0.05, 0.1) is 6.42 Å². The lowest BCUT2D eigenvalue weighted by Crippen LogP contribution is -2.16. The summed E-state index contributed by atoms with van der Waals surface area (Å²) in [7, 11) is 0. The molecule has 1 aromatic rings. The van der Waals surface area contributed by atoms with Crippen molar-refractivity contribution in [1.29, 1.82) is 0 Å². The molecule has 0 aliphatic carbocycles. The van der Waals surface area contributed by atoms with E-state index in [9.17, 15) is 4.79 Å². The Bertz CT molecular complexity index is 355. The van der Waals surface area contributed by atoms with Crippen LogP contribution >= 0.6 is 15.9 Å². The van der Waals surface area contributed by atoms with E-state index in [1.54, 1.807) is 18.2 Å². The van der Waals surface area contributed by atoms with Crippen LogP contribution in [0.25, 0.3) is 0 Å². The van der Waals surface area contributed by atoms with Gasteiger partial charge in [0.2, 0.25) is 0 Å². The first-order valence-corrected chi connectivity index (χ1v) is 4.82. The van der Waals surface area contributed by atoms with E-state index in [0.29, 0.717) is 11.3 Å². The largest absolute Gasteiger partial charge is 0.481 e. The number of halogens is 1. The van der Waals surface area contributed by atoms with Crippen LogP contribution in [-0.4, -0.2) is 11.1 Å². The summed E-state index contributed by atoms with van der Waals surface area (Å²) in [5.74, 6) is -0.933. The van der Waals surface area contributed by atoms with Crippen molar-refractivity contribution in [2.75, 3.05) is 5.73 Å². The van der Waals surface area contributed by atoms with Crippen molar-refractivity contribution in [1.82, 2.24) is 0 Å². The predicted molar refractivity (Wildman–Crippen MR) is 57.7 cm³/mol. The molecule has 0 bridgehead atoms. The zero-order chi connectivity index (χ0) is 10.7. The number of benzene rings is 1. The smallest absolute Gasteiger partial charge is 0.305 e. The molecule has 0 radical (unpaired) electrons. The number of rotatable bonds is 3. The monoisotopic (exact) mass is 258 g/mol. The highest BCUT2D eigenvalue weighted by molar-refractivity contribution is 9.10. The molecule has 0 fully saturated rings. The lowest BCUT2D eigenvalue weighted by molar-refractivity contribution is -0.137. The fourth-order valence-electron chi connectivity index (χ4n) is 1.16. The molecule has 1 aromatic carbocycles. The molecule has 0 aliphatic heterocycles. The first-order valence-electron chi connectivity index (χ1n) is 4.03. The minimum absolute atomic E-state index is 0.124. The van der Waals surface area contributed by atoms with E-state index >= 15 is 0 Å². The molecule has 1 atom stereocenters. The van der Waals surface area contributed by atoms with Crippen LogP contribution < -0.4 is 11.5 Å². The topological polar surface area (TPSA) is 89.3 Å². The second kappa shape index (κ2) is 4.43. The van der Waals surface area contributed by atoms with Gasteiger partial charge in [-0.05, 0) is 23.8 Å². The van der Waals surface area contributed by atoms with Crippen molar-refractivity contribution in [3.63, 3.8) is 0 Å². The van der Waals surface area contributed by atoms with Crippen LogP contribution in [0.15, 0.2) is 22.7 Å². The summed E-state index contributed by atoms with van der Waals surface area (Å²) in [6.07, 6.45) is -0.124. The Kier molecular flexibility index (Phi) is 3.49. The molecule has 76 valence electrons. The molecule has 0 aromatic heterocycles. The van der Waals surface area contributed by atoms with Gasteiger partial charge in [-0.3, -0.25) is 4.79 Å². The van der Waals surface area contributed by atoms with Crippen LogP contribution in [0.5, 0.6) is 0 Å². The first kappa shape index (κ1) is 11.0. The Labute approximate surface area is 90.0 Å². The predicted octanol–water partition coefficient (Wildman–Crippen LogP) is 1.51. The Morgan fingerprint density at radius 3 is 2.79 bits per heavy atom. The standard InChI is InChI=1S/C9H11BrN2O2/c10-5-1-2-7(11)6(3-5)8(12)4-9(13)14/h1-3,8H,4,11-12H2,(H,13,14)/t8-/m0/s1. The van der Waals surface area contributed by atoms with Crippen LogP contribution in [0.1, 0.15) is 18.0 Å². The number of nitrogen functional groups attached to an aromatic ring is 1. The van der Waals surface area contributed by atoms with E-state index in [2.05, 4.69) is 15.9 Å². The van der Waals surface area contributed by atoms with Crippen LogP contribution in [0.4, 0.5) is 5.69 Å². The third-order valence-electron chi connectivity index (χ3n) is 1.84. The lowest BCUT2D eigenvalue weighted by atomic mass is 10.0. The van der Waals surface area contributed by atoms with E-state index in [1.807, 2.05) is 0 Å². The third-order valence-corrected chi connectivity index (χ3v) is 2.34. The number of anilines is 1. The molecule has 14 heavy (non-hydrogen) atoms. The molecular weight excluding hydrogens is 248 g/mol. The van der Waals surface area contributed by atoms with E-state index in [1.165, 1.54) is 0 Å². The van der Waals surface area contributed by atoms with Crippen molar-refractivity contribution in [2.24, 2.45) is 5.73 Å². The van der Waals surface area contributed by atoms with Gasteiger partial charge in [-0.2, -0.15) is 0 Å². The van der Waals surface area contributed by atoms with Gasteiger partial charge in [0.15, 0.2) is 0 Å². The SMILES string of the molecule is Nc1ccc(Br)cc1[C@@H](N)CC(=O)O. The van der Waals surface area contributed by atoms with Crippen molar-refractivity contribution in [3.8, 4) is 0 Å². The molecular formula is C9H11BrN2O2. The van der Waals surface area contributed by atoms with Crippen LogP contribution in [-0.2, 0) is 4.79 Å². The molecule has 0 saturated carbocycles. The maximum Gasteiger partial charge on any atom is 0.305 e. The number of hydrogen-bond donors (Lipinski definition) is 3. The Morgan fingerprint density at radius 1 is 1.57 bits per heavy atom. The highest BCUT2D eigenvalue weighted by atomic mass is 79.9. The van der Waals surface area contributed by atoms with Gasteiger partial charge in [-0.15, -0.1) is 0 Å². The second-order valence-corrected chi connectivity index (χ2v) is 3.89. The fraction of sp³-hybridized carbons (Fsp3) is 0.222. The molecule has 0 aliphatic rings. The zero-order valence-corrected chi connectivity index (χ0v) is 8.99. The number of carbonyl (C=O) groups is 1. The summed E-state index contributed by atoms with van der Waals surface area (Å²) in [5, 5.41) is 8.57. The summed E-state index contributed by atoms with van der Waals surface area (Å²) in [4.78, 5) is 10.4. The maximum atomic E-state index is 10.4. The Balaban J connectivity index is 2.93. The number of carboxylic acid groups (broad SMARTS) is 1. The molecule has 0 unspecified atom stereocenters. The van der Waals surface area contributed by atoms with Gasteiger partial charge >= 0.3 is 5.97 Å². The summed E-state index contributed by atoms with van der Waals surface area (Å²) in [5.41, 5.74) is 12.5. The molecule has 0 amide bonds. The first-order chi connectivity index (χ1) is 6.50. The van der Waals surface area contributed by atoms with Gasteiger partial charge in [0, 0.05) is 16.2 Å². The summed E-state index contributed by atoms with van der Waals surface area (Å²) < 4.78 is 0.836. The van der Waals surface area contributed by atoms with Gasteiger partial charge < -0.3 is 16.6 Å². The van der Waals surface area contributed by atoms with Crippen LogP contribution in [0.3, 0.4) is 0 Å². The zero-order valence-electron chi connectivity index (χ0n) is 7.40. The van der Waals surface area contributed by atoms with E-state index in [0.717, 1.165) is 4.47 Å². The van der Waals surface area contributed by atoms with E-state index < -0.39 is 12.0 Å². The minimum atomic E-state index is -0.933. The van der Waals surface area contributed by atoms with E-state index in [-0.39, 0.29) is 6.42 Å². The van der Waals surface area contributed by atoms with Crippen molar-refractivity contribution < 1.29 is 9.90 Å². The molecule has 4 nitrogen and oxygen atoms in total. The highest BCUT2D eigenvalue weighted by Gasteiger charge is 2.13. The highest BCUT2D eigenvalue weighted by Crippen LogP contribution is 2.24. The quantitative estimate of drug-likeness (QED) is 0.717.